The van der Waals surface area contributed by atoms with Crippen LogP contribution in [0.5, 0.6) is 5.75 Å². The summed E-state index contributed by atoms with van der Waals surface area (Å²) in [6, 6.07) is 9.96. The zero-order valence-corrected chi connectivity index (χ0v) is 15.5. The molecule has 0 saturated carbocycles. The number of nitrogens with one attached hydrogen (secondary N) is 2. The summed E-state index contributed by atoms with van der Waals surface area (Å²) in [7, 11) is 0. The number of hydrogen-bond donors (Lipinski definition) is 2. The molecule has 0 amide bonds. The molecule has 0 fully saturated rings. The van der Waals surface area contributed by atoms with Crippen LogP contribution in [0.3, 0.4) is 0 Å². The lowest BCUT2D eigenvalue weighted by Gasteiger charge is -2.18. The first-order valence-corrected chi connectivity index (χ1v) is 8.81. The first-order chi connectivity index (χ1) is 12.1. The average Bonchev–Trinajstić information content (AvgIpc) is 3.07. The Morgan fingerprint density at radius 3 is 2.76 bits per heavy atom. The molecule has 1 unspecified atom stereocenters. The molecule has 0 aliphatic heterocycles. The Bertz CT molecular complexity index is 682. The predicted molar refractivity (Wildman–Crippen MR) is 100.0 cm³/mol. The molecule has 2 N–H and O–H groups in total. The number of aryl methyl sites for hydroxylation is 2. The first-order valence-electron chi connectivity index (χ1n) is 8.81. The molecule has 1 aromatic carbocycles. The van der Waals surface area contributed by atoms with Crippen molar-refractivity contribution in [1.29, 1.82) is 0 Å². The molecule has 0 saturated heterocycles. The van der Waals surface area contributed by atoms with Crippen LogP contribution in [0.1, 0.15) is 37.8 Å². The summed E-state index contributed by atoms with van der Waals surface area (Å²) in [5, 5.41) is 10.5. The van der Waals surface area contributed by atoms with E-state index in [0.29, 0.717) is 13.1 Å². The third-order valence-corrected chi connectivity index (χ3v) is 3.69. The molecular formula is C19H28N4O2. The molecule has 136 valence electrons. The van der Waals surface area contributed by atoms with Gasteiger partial charge in [0.05, 0.1) is 12.2 Å². The lowest BCUT2D eigenvalue weighted by Crippen LogP contribution is -2.41. The van der Waals surface area contributed by atoms with Gasteiger partial charge >= 0.3 is 0 Å². The highest BCUT2D eigenvalue weighted by atomic mass is 16.5. The van der Waals surface area contributed by atoms with Crippen molar-refractivity contribution in [2.45, 2.75) is 46.8 Å². The second-order valence-corrected chi connectivity index (χ2v) is 5.91. The Morgan fingerprint density at radius 2 is 2.08 bits per heavy atom. The normalized spacial score (nSPS) is 12.7. The van der Waals surface area contributed by atoms with Crippen LogP contribution < -0.4 is 15.4 Å². The van der Waals surface area contributed by atoms with Crippen LogP contribution in [0.25, 0.3) is 0 Å². The maximum Gasteiger partial charge on any atom is 0.191 e. The van der Waals surface area contributed by atoms with Crippen LogP contribution in [0.2, 0.25) is 0 Å². The molecule has 0 aliphatic rings. The molecule has 1 atom stereocenters. The van der Waals surface area contributed by atoms with Crippen molar-refractivity contribution >= 4 is 5.96 Å². The fraction of sp³-hybridized carbons (Fsp3) is 0.474. The van der Waals surface area contributed by atoms with Crippen molar-refractivity contribution in [2.24, 2.45) is 4.99 Å². The number of aromatic nitrogens is 1. The van der Waals surface area contributed by atoms with E-state index >= 15 is 0 Å². The van der Waals surface area contributed by atoms with E-state index in [4.69, 9.17) is 9.26 Å². The molecule has 1 heterocycles. The van der Waals surface area contributed by atoms with E-state index in [0.717, 1.165) is 41.7 Å². The Kier molecular flexibility index (Phi) is 7.32. The molecule has 0 bridgehead atoms. The molecule has 6 heteroatoms. The third kappa shape index (κ3) is 6.14. The zero-order valence-electron chi connectivity index (χ0n) is 15.5. The van der Waals surface area contributed by atoms with E-state index in [-0.39, 0.29) is 6.10 Å². The van der Waals surface area contributed by atoms with Gasteiger partial charge in [0.15, 0.2) is 11.7 Å². The lowest BCUT2D eigenvalue weighted by atomic mass is 10.2. The number of benzene rings is 1. The van der Waals surface area contributed by atoms with Crippen LogP contribution >= 0.6 is 0 Å². The lowest BCUT2D eigenvalue weighted by molar-refractivity contribution is 0.222. The second-order valence-electron chi connectivity index (χ2n) is 5.91. The fourth-order valence-corrected chi connectivity index (χ4v) is 2.28. The maximum absolute atomic E-state index is 5.98. The van der Waals surface area contributed by atoms with Crippen LogP contribution in [0.15, 0.2) is 39.8 Å². The summed E-state index contributed by atoms with van der Waals surface area (Å²) in [5.74, 6) is 2.41. The van der Waals surface area contributed by atoms with Crippen LogP contribution in [-0.2, 0) is 13.0 Å². The van der Waals surface area contributed by atoms with Gasteiger partial charge in [0, 0.05) is 12.6 Å². The molecule has 6 nitrogen and oxygen atoms in total. The standard InChI is InChI=1S/C19H28N4O2/c1-5-16-11-17(25-23-16)13-22-19(20-6-2)21-12-15(4)24-18-10-8-7-9-14(18)3/h7-11,15H,5-6,12-13H2,1-4H3,(H2,20,21,22). The Balaban J connectivity index is 1.87. The van der Waals surface area contributed by atoms with Gasteiger partial charge in [-0.15, -0.1) is 0 Å². The molecule has 2 aromatic rings. The number of ether oxygens (including phenoxy) is 1. The SMILES string of the molecule is CCNC(=NCc1cc(CC)no1)NCC(C)Oc1ccccc1C. The van der Waals surface area contributed by atoms with Crippen molar-refractivity contribution in [2.75, 3.05) is 13.1 Å². The molecule has 0 aliphatic carbocycles. The topological polar surface area (TPSA) is 71.7 Å². The van der Waals surface area contributed by atoms with Crippen molar-refractivity contribution in [3.05, 3.63) is 47.3 Å². The molecule has 0 radical (unpaired) electrons. The number of nitrogens with zero attached hydrogens (tertiary/aromatic N) is 2. The van der Waals surface area contributed by atoms with Gasteiger partial charge in [0.25, 0.3) is 0 Å². The van der Waals surface area contributed by atoms with Gasteiger partial charge < -0.3 is 19.9 Å². The van der Waals surface area contributed by atoms with Gasteiger partial charge in [0.2, 0.25) is 0 Å². The van der Waals surface area contributed by atoms with Gasteiger partial charge in [-0.05, 0) is 38.8 Å². The maximum atomic E-state index is 5.98. The van der Waals surface area contributed by atoms with Crippen molar-refractivity contribution in [3.8, 4) is 5.75 Å². The quantitative estimate of drug-likeness (QED) is 0.569. The molecule has 25 heavy (non-hydrogen) atoms. The molecule has 1 aromatic heterocycles. The molecule has 2 rings (SSSR count). The zero-order chi connectivity index (χ0) is 18.1. The highest BCUT2D eigenvalue weighted by Crippen LogP contribution is 2.17. The minimum atomic E-state index is 0.0157. The number of rotatable bonds is 8. The second kappa shape index (κ2) is 9.71. The van der Waals surface area contributed by atoms with Crippen molar-refractivity contribution in [3.63, 3.8) is 0 Å². The van der Waals surface area contributed by atoms with Gasteiger partial charge in [0.1, 0.15) is 18.4 Å². The summed E-state index contributed by atoms with van der Waals surface area (Å²) in [6.45, 7) is 10.1. The monoisotopic (exact) mass is 344 g/mol. The summed E-state index contributed by atoms with van der Waals surface area (Å²) in [5.41, 5.74) is 2.08. The van der Waals surface area contributed by atoms with Crippen LogP contribution in [0, 0.1) is 6.92 Å². The Hall–Kier alpha value is -2.50. The van der Waals surface area contributed by atoms with Crippen LogP contribution in [-0.4, -0.2) is 30.3 Å². The van der Waals surface area contributed by atoms with E-state index in [1.807, 2.05) is 58.0 Å². The fourth-order valence-electron chi connectivity index (χ4n) is 2.28. The van der Waals surface area contributed by atoms with Gasteiger partial charge in [-0.1, -0.05) is 30.3 Å². The van der Waals surface area contributed by atoms with E-state index in [1.165, 1.54) is 0 Å². The van der Waals surface area contributed by atoms with E-state index in [9.17, 15) is 0 Å². The number of para-hydroxylation sites is 1. The largest absolute Gasteiger partial charge is 0.489 e. The summed E-state index contributed by atoms with van der Waals surface area (Å²) in [4.78, 5) is 4.53. The van der Waals surface area contributed by atoms with Gasteiger partial charge in [-0.2, -0.15) is 0 Å². The first kappa shape index (κ1) is 18.8. The summed E-state index contributed by atoms with van der Waals surface area (Å²) in [6.07, 6.45) is 0.876. The minimum absolute atomic E-state index is 0.0157. The highest BCUT2D eigenvalue weighted by molar-refractivity contribution is 5.79. The summed E-state index contributed by atoms with van der Waals surface area (Å²) < 4.78 is 11.2. The van der Waals surface area contributed by atoms with Gasteiger partial charge in [-0.25, -0.2) is 4.99 Å². The molecule has 0 spiro atoms. The van der Waals surface area contributed by atoms with Gasteiger partial charge in [-0.3, -0.25) is 0 Å². The van der Waals surface area contributed by atoms with Crippen molar-refractivity contribution in [1.82, 2.24) is 15.8 Å². The van der Waals surface area contributed by atoms with E-state index in [1.54, 1.807) is 0 Å². The smallest absolute Gasteiger partial charge is 0.191 e. The number of guanidine groups is 1. The highest BCUT2D eigenvalue weighted by Gasteiger charge is 2.08. The van der Waals surface area contributed by atoms with Crippen LogP contribution in [0.4, 0.5) is 0 Å². The average molecular weight is 344 g/mol. The number of hydrogen-bond acceptors (Lipinski definition) is 4. The minimum Gasteiger partial charge on any atom is -0.489 e. The van der Waals surface area contributed by atoms with E-state index in [2.05, 4.69) is 20.8 Å². The molecular weight excluding hydrogens is 316 g/mol. The summed E-state index contributed by atoms with van der Waals surface area (Å²) >= 11 is 0. The van der Waals surface area contributed by atoms with Crippen molar-refractivity contribution < 1.29 is 9.26 Å². The Morgan fingerprint density at radius 1 is 1.28 bits per heavy atom. The third-order valence-electron chi connectivity index (χ3n) is 3.69. The van der Waals surface area contributed by atoms with E-state index < -0.39 is 0 Å². The predicted octanol–water partition coefficient (Wildman–Crippen LogP) is 3.07. The Labute approximate surface area is 149 Å². The number of aliphatic imine (C=N–C) groups is 1.